The molecule has 32 heavy (non-hydrogen) atoms. The summed E-state index contributed by atoms with van der Waals surface area (Å²) in [6.45, 7) is 3.07. The highest BCUT2D eigenvalue weighted by atomic mass is 35.5. The van der Waals surface area contributed by atoms with Crippen LogP contribution in [0.15, 0.2) is 68.7 Å². The van der Waals surface area contributed by atoms with Crippen LogP contribution in [0.5, 0.6) is 0 Å². The van der Waals surface area contributed by atoms with Crippen LogP contribution >= 0.6 is 23.2 Å². The molecule has 0 spiro atoms. The number of rotatable bonds is 4. The maximum absolute atomic E-state index is 12.8. The van der Waals surface area contributed by atoms with Crippen molar-refractivity contribution in [3.05, 3.63) is 85.7 Å². The molecule has 0 N–H and O–H groups in total. The van der Waals surface area contributed by atoms with Gasteiger partial charge in [0.05, 0.1) is 29.8 Å². The van der Waals surface area contributed by atoms with E-state index in [0.29, 0.717) is 60.3 Å². The number of nitrogens with zero attached hydrogens (tertiary/aromatic N) is 5. The zero-order chi connectivity index (χ0) is 22.2. The second-order valence-corrected chi connectivity index (χ2v) is 8.37. The number of piperazine rings is 1. The van der Waals surface area contributed by atoms with Crippen molar-refractivity contribution in [1.82, 2.24) is 19.2 Å². The number of aromatic nitrogens is 3. The van der Waals surface area contributed by atoms with Gasteiger partial charge >= 0.3 is 5.76 Å². The second-order valence-electron chi connectivity index (χ2n) is 7.55. The van der Waals surface area contributed by atoms with Gasteiger partial charge in [0, 0.05) is 37.3 Å². The lowest BCUT2D eigenvalue weighted by Crippen LogP contribution is -2.48. The van der Waals surface area contributed by atoms with Gasteiger partial charge in [-0.25, -0.2) is 4.79 Å². The predicted octanol–water partition coefficient (Wildman–Crippen LogP) is 3.23. The molecule has 8 nitrogen and oxygen atoms in total. The summed E-state index contributed by atoms with van der Waals surface area (Å²) in [5, 5.41) is 4.98. The number of oxazole rings is 1. The maximum Gasteiger partial charge on any atom is 0.421 e. The number of benzene rings is 2. The molecule has 1 aliphatic rings. The van der Waals surface area contributed by atoms with E-state index in [2.05, 4.69) is 10.00 Å². The van der Waals surface area contributed by atoms with Gasteiger partial charge in [0.25, 0.3) is 5.56 Å². The molecular weight excluding hydrogens is 453 g/mol. The second kappa shape index (κ2) is 8.46. The molecule has 0 saturated carbocycles. The fourth-order valence-electron chi connectivity index (χ4n) is 3.90. The number of fused-ring (bicyclic) bond motifs is 1. The molecule has 0 aliphatic carbocycles. The summed E-state index contributed by atoms with van der Waals surface area (Å²) in [5.74, 6) is -0.415. The van der Waals surface area contributed by atoms with Crippen molar-refractivity contribution in [2.45, 2.75) is 6.67 Å². The van der Waals surface area contributed by atoms with Crippen LogP contribution in [-0.2, 0) is 6.67 Å². The van der Waals surface area contributed by atoms with Crippen LogP contribution < -0.4 is 16.2 Å². The Morgan fingerprint density at radius 3 is 2.47 bits per heavy atom. The molecule has 1 fully saturated rings. The lowest BCUT2D eigenvalue weighted by Gasteiger charge is -2.36. The van der Waals surface area contributed by atoms with E-state index in [4.69, 9.17) is 27.6 Å². The van der Waals surface area contributed by atoms with Crippen LogP contribution in [-0.4, -0.2) is 45.4 Å². The summed E-state index contributed by atoms with van der Waals surface area (Å²) in [6.07, 6.45) is 1.63. The molecule has 2 aromatic heterocycles. The predicted molar refractivity (Wildman–Crippen MR) is 124 cm³/mol. The fraction of sp³-hybridized carbons (Fsp3) is 0.227. The van der Waals surface area contributed by atoms with Crippen molar-refractivity contribution in [3.63, 3.8) is 0 Å². The number of anilines is 1. The number of hydrogen-bond acceptors (Lipinski definition) is 6. The number of hydrogen-bond donors (Lipinski definition) is 0. The quantitative estimate of drug-likeness (QED) is 0.454. The molecule has 3 heterocycles. The minimum atomic E-state index is -0.415. The Kier molecular flexibility index (Phi) is 5.50. The molecule has 0 atom stereocenters. The van der Waals surface area contributed by atoms with Gasteiger partial charge in [-0.1, -0.05) is 41.4 Å². The summed E-state index contributed by atoms with van der Waals surface area (Å²) < 4.78 is 8.20. The zero-order valence-corrected chi connectivity index (χ0v) is 18.5. The smallest absolute Gasteiger partial charge is 0.408 e. The minimum absolute atomic E-state index is 0.145. The van der Waals surface area contributed by atoms with Crippen molar-refractivity contribution in [3.8, 4) is 5.69 Å². The van der Waals surface area contributed by atoms with Crippen LogP contribution in [0.25, 0.3) is 16.8 Å². The van der Waals surface area contributed by atoms with E-state index in [0.717, 1.165) is 0 Å². The fourth-order valence-corrected chi connectivity index (χ4v) is 4.31. The summed E-state index contributed by atoms with van der Waals surface area (Å²) in [5.41, 5.74) is 2.10. The Hall–Kier alpha value is -3.07. The highest BCUT2D eigenvalue weighted by molar-refractivity contribution is 6.33. The molecule has 0 radical (unpaired) electrons. The first-order valence-electron chi connectivity index (χ1n) is 10.1. The molecule has 2 aromatic carbocycles. The van der Waals surface area contributed by atoms with Gasteiger partial charge in [0.15, 0.2) is 5.58 Å². The molecule has 4 aromatic rings. The first-order valence-corrected chi connectivity index (χ1v) is 10.9. The Bertz CT molecular complexity index is 1390. The van der Waals surface area contributed by atoms with Crippen LogP contribution in [0, 0.1) is 0 Å². The standard InChI is InChI=1S/C22H19Cl2N5O3/c23-15-6-7-17-19(12-15)32-22(31)28(17)14-26-8-10-27(11-9-26)18-13-25-29(21(30)20(18)24)16-4-2-1-3-5-16/h1-7,12-13H,8-11,14H2. The third kappa shape index (κ3) is 3.81. The Labute approximate surface area is 192 Å². The van der Waals surface area contributed by atoms with Crippen molar-refractivity contribution in [2.75, 3.05) is 31.1 Å². The lowest BCUT2D eigenvalue weighted by molar-refractivity contribution is 0.202. The van der Waals surface area contributed by atoms with Crippen LogP contribution in [0.4, 0.5) is 5.69 Å². The molecule has 164 valence electrons. The maximum atomic E-state index is 12.8. The monoisotopic (exact) mass is 471 g/mol. The summed E-state index contributed by atoms with van der Waals surface area (Å²) in [4.78, 5) is 29.2. The number of para-hydroxylation sites is 1. The van der Waals surface area contributed by atoms with Crippen molar-refractivity contribution in [2.24, 2.45) is 0 Å². The van der Waals surface area contributed by atoms with E-state index < -0.39 is 5.76 Å². The van der Waals surface area contributed by atoms with Crippen LogP contribution in [0.3, 0.4) is 0 Å². The van der Waals surface area contributed by atoms with Gasteiger partial charge in [0.2, 0.25) is 0 Å². The minimum Gasteiger partial charge on any atom is -0.408 e. The first kappa shape index (κ1) is 20.8. The van der Waals surface area contributed by atoms with Gasteiger partial charge < -0.3 is 9.32 Å². The van der Waals surface area contributed by atoms with E-state index in [1.54, 1.807) is 41.1 Å². The van der Waals surface area contributed by atoms with E-state index in [9.17, 15) is 9.59 Å². The van der Waals surface area contributed by atoms with Gasteiger partial charge in [0.1, 0.15) is 5.02 Å². The summed E-state index contributed by atoms with van der Waals surface area (Å²) in [7, 11) is 0. The van der Waals surface area contributed by atoms with Gasteiger partial charge in [-0.05, 0) is 24.3 Å². The Morgan fingerprint density at radius 2 is 1.72 bits per heavy atom. The molecule has 0 bridgehead atoms. The lowest BCUT2D eigenvalue weighted by atomic mass is 10.3. The average molecular weight is 472 g/mol. The van der Waals surface area contributed by atoms with Gasteiger partial charge in [-0.15, -0.1) is 0 Å². The largest absolute Gasteiger partial charge is 0.421 e. The average Bonchev–Trinajstić information content (AvgIpc) is 3.11. The third-order valence-corrected chi connectivity index (χ3v) is 6.18. The van der Waals surface area contributed by atoms with E-state index in [1.165, 1.54) is 4.68 Å². The Morgan fingerprint density at radius 1 is 0.969 bits per heavy atom. The SMILES string of the molecule is O=c1c(Cl)c(N2CCN(Cn3c(=O)oc4cc(Cl)ccc43)CC2)cnn1-c1ccccc1. The van der Waals surface area contributed by atoms with E-state index >= 15 is 0 Å². The van der Waals surface area contributed by atoms with Crippen molar-refractivity contribution < 1.29 is 4.42 Å². The molecule has 10 heteroatoms. The molecule has 0 amide bonds. The molecule has 0 unspecified atom stereocenters. The molecule has 1 saturated heterocycles. The van der Waals surface area contributed by atoms with Gasteiger partial charge in [-0.2, -0.15) is 9.78 Å². The van der Waals surface area contributed by atoms with Crippen molar-refractivity contribution >= 4 is 40.0 Å². The molecule has 5 rings (SSSR count). The molecular formula is C22H19Cl2N5O3. The van der Waals surface area contributed by atoms with Crippen LogP contribution in [0.1, 0.15) is 0 Å². The third-order valence-electron chi connectivity index (χ3n) is 5.59. The van der Waals surface area contributed by atoms with E-state index in [1.807, 2.05) is 23.1 Å². The van der Waals surface area contributed by atoms with Gasteiger partial charge in [-0.3, -0.25) is 14.3 Å². The summed E-state index contributed by atoms with van der Waals surface area (Å²) >= 11 is 12.4. The van der Waals surface area contributed by atoms with Crippen molar-refractivity contribution in [1.29, 1.82) is 0 Å². The zero-order valence-electron chi connectivity index (χ0n) is 16.9. The normalized spacial score (nSPS) is 14.9. The topological polar surface area (TPSA) is 76.5 Å². The Balaban J connectivity index is 1.31. The highest BCUT2D eigenvalue weighted by Gasteiger charge is 2.23. The highest BCUT2D eigenvalue weighted by Crippen LogP contribution is 2.24. The first-order chi connectivity index (χ1) is 15.5. The summed E-state index contributed by atoms with van der Waals surface area (Å²) in [6, 6.07) is 14.3. The van der Waals surface area contributed by atoms with Crippen LogP contribution in [0.2, 0.25) is 10.0 Å². The molecule has 1 aliphatic heterocycles. The van der Waals surface area contributed by atoms with E-state index in [-0.39, 0.29) is 10.6 Å². The number of halogens is 2.